The van der Waals surface area contributed by atoms with Gasteiger partial charge in [-0.2, -0.15) is 0 Å². The Hall–Kier alpha value is -1.87. The highest BCUT2D eigenvalue weighted by Gasteiger charge is 2.15. The number of benzene rings is 2. The van der Waals surface area contributed by atoms with Crippen molar-refractivity contribution in [3.63, 3.8) is 0 Å². The van der Waals surface area contributed by atoms with Crippen molar-refractivity contribution in [3.8, 4) is 0 Å². The monoisotopic (exact) mass is 230 g/mol. The first-order valence-electron chi connectivity index (χ1n) is 5.47. The van der Waals surface area contributed by atoms with Crippen LogP contribution in [-0.2, 0) is 11.2 Å². The van der Waals surface area contributed by atoms with Crippen LogP contribution in [0.4, 0.5) is 0 Å². The number of carbonyl (C=O) groups is 1. The third-order valence-corrected chi connectivity index (χ3v) is 2.93. The third kappa shape index (κ3) is 2.29. The minimum Gasteiger partial charge on any atom is -0.479 e. The maximum Gasteiger partial charge on any atom is 0.332 e. The third-order valence-electron chi connectivity index (χ3n) is 2.93. The van der Waals surface area contributed by atoms with Crippen LogP contribution in [0.3, 0.4) is 0 Å². The fourth-order valence-corrected chi connectivity index (χ4v) is 1.99. The summed E-state index contributed by atoms with van der Waals surface area (Å²) < 4.78 is 0. The summed E-state index contributed by atoms with van der Waals surface area (Å²) in [6, 6.07) is 11.6. The minimum atomic E-state index is -1.35. The molecule has 17 heavy (non-hydrogen) atoms. The van der Waals surface area contributed by atoms with Crippen LogP contribution in [-0.4, -0.2) is 22.3 Å². The highest BCUT2D eigenvalue weighted by molar-refractivity contribution is 5.89. The molecule has 0 saturated carbocycles. The van der Waals surface area contributed by atoms with Crippen molar-refractivity contribution >= 4 is 16.7 Å². The smallest absolute Gasteiger partial charge is 0.332 e. The number of fused-ring (bicyclic) bond motifs is 1. The van der Waals surface area contributed by atoms with E-state index in [4.69, 9.17) is 5.11 Å². The van der Waals surface area contributed by atoms with Gasteiger partial charge in [-0.15, -0.1) is 0 Å². The fraction of sp³-hybridized carbons (Fsp3) is 0.214. The summed E-state index contributed by atoms with van der Waals surface area (Å²) in [5, 5.41) is 20.2. The molecule has 3 nitrogen and oxygen atoms in total. The van der Waals surface area contributed by atoms with Crippen molar-refractivity contribution in [1.29, 1.82) is 0 Å². The van der Waals surface area contributed by atoms with Crippen LogP contribution in [0.15, 0.2) is 36.4 Å². The zero-order valence-electron chi connectivity index (χ0n) is 9.55. The van der Waals surface area contributed by atoms with Crippen LogP contribution in [0.1, 0.15) is 11.1 Å². The average Bonchev–Trinajstić information content (AvgIpc) is 2.33. The van der Waals surface area contributed by atoms with E-state index >= 15 is 0 Å². The van der Waals surface area contributed by atoms with Gasteiger partial charge in [0.25, 0.3) is 0 Å². The SMILES string of the molecule is Cc1ccc(CC(O)C(=O)O)c2ccccc12. The van der Waals surface area contributed by atoms with Crippen LogP contribution in [0.5, 0.6) is 0 Å². The molecule has 0 fully saturated rings. The maximum atomic E-state index is 10.7. The van der Waals surface area contributed by atoms with Crippen LogP contribution in [0.2, 0.25) is 0 Å². The van der Waals surface area contributed by atoms with Gasteiger partial charge in [-0.25, -0.2) is 4.79 Å². The summed E-state index contributed by atoms with van der Waals surface area (Å²) >= 11 is 0. The predicted molar refractivity (Wildman–Crippen MR) is 66.0 cm³/mol. The quantitative estimate of drug-likeness (QED) is 0.849. The Morgan fingerprint density at radius 2 is 1.82 bits per heavy atom. The number of rotatable bonds is 3. The van der Waals surface area contributed by atoms with E-state index in [1.165, 1.54) is 0 Å². The molecule has 0 aromatic heterocycles. The minimum absolute atomic E-state index is 0.135. The normalized spacial score (nSPS) is 12.6. The summed E-state index contributed by atoms with van der Waals surface area (Å²) in [4.78, 5) is 10.7. The van der Waals surface area contributed by atoms with Gasteiger partial charge in [0.05, 0.1) is 0 Å². The van der Waals surface area contributed by atoms with Gasteiger partial charge in [0, 0.05) is 6.42 Å². The van der Waals surface area contributed by atoms with Gasteiger partial charge >= 0.3 is 5.97 Å². The van der Waals surface area contributed by atoms with Crippen molar-refractivity contribution < 1.29 is 15.0 Å². The van der Waals surface area contributed by atoms with Gasteiger partial charge in [0.1, 0.15) is 0 Å². The Labute approximate surface area is 99.3 Å². The molecule has 0 saturated heterocycles. The van der Waals surface area contributed by atoms with Gasteiger partial charge in [-0.1, -0.05) is 36.4 Å². The lowest BCUT2D eigenvalue weighted by Crippen LogP contribution is -2.22. The highest BCUT2D eigenvalue weighted by Crippen LogP contribution is 2.23. The molecule has 1 atom stereocenters. The first kappa shape index (κ1) is 11.6. The van der Waals surface area contributed by atoms with Crippen molar-refractivity contribution in [3.05, 3.63) is 47.5 Å². The van der Waals surface area contributed by atoms with Gasteiger partial charge in [-0.3, -0.25) is 0 Å². The van der Waals surface area contributed by atoms with E-state index < -0.39 is 12.1 Å². The molecule has 1 unspecified atom stereocenters. The number of hydrogen-bond acceptors (Lipinski definition) is 2. The standard InChI is InChI=1S/C14H14O3/c1-9-6-7-10(8-13(15)14(16)17)12-5-3-2-4-11(9)12/h2-7,13,15H,8H2,1H3,(H,16,17). The largest absolute Gasteiger partial charge is 0.479 e. The van der Waals surface area contributed by atoms with E-state index in [-0.39, 0.29) is 6.42 Å². The van der Waals surface area contributed by atoms with E-state index in [1.54, 1.807) is 0 Å². The van der Waals surface area contributed by atoms with Gasteiger partial charge in [0.2, 0.25) is 0 Å². The second-order valence-corrected chi connectivity index (χ2v) is 4.15. The fourth-order valence-electron chi connectivity index (χ4n) is 1.99. The van der Waals surface area contributed by atoms with Crippen LogP contribution < -0.4 is 0 Å². The number of aliphatic carboxylic acids is 1. The van der Waals surface area contributed by atoms with Crippen LogP contribution >= 0.6 is 0 Å². The topological polar surface area (TPSA) is 57.5 Å². The molecule has 0 radical (unpaired) electrons. The van der Waals surface area contributed by atoms with E-state index in [0.717, 1.165) is 21.9 Å². The van der Waals surface area contributed by atoms with Crippen molar-refractivity contribution in [2.75, 3.05) is 0 Å². The van der Waals surface area contributed by atoms with Crippen molar-refractivity contribution in [2.45, 2.75) is 19.4 Å². The maximum absolute atomic E-state index is 10.7. The Morgan fingerprint density at radius 3 is 2.47 bits per heavy atom. The van der Waals surface area contributed by atoms with E-state index in [9.17, 15) is 9.90 Å². The zero-order valence-corrected chi connectivity index (χ0v) is 9.55. The second kappa shape index (κ2) is 4.55. The summed E-state index contributed by atoms with van der Waals surface area (Å²) in [7, 11) is 0. The number of aliphatic hydroxyl groups excluding tert-OH is 1. The molecule has 88 valence electrons. The van der Waals surface area contributed by atoms with Crippen molar-refractivity contribution in [2.24, 2.45) is 0 Å². The molecule has 2 aromatic rings. The average molecular weight is 230 g/mol. The number of carboxylic acid groups (broad SMARTS) is 1. The first-order valence-corrected chi connectivity index (χ1v) is 5.47. The summed E-state index contributed by atoms with van der Waals surface area (Å²) in [5.41, 5.74) is 2.01. The summed E-state index contributed by atoms with van der Waals surface area (Å²) in [6.07, 6.45) is -1.21. The summed E-state index contributed by atoms with van der Waals surface area (Å²) in [6.45, 7) is 2.01. The number of carboxylic acids is 1. The molecule has 2 rings (SSSR count). The van der Waals surface area contributed by atoms with Crippen molar-refractivity contribution in [1.82, 2.24) is 0 Å². The zero-order chi connectivity index (χ0) is 12.4. The lowest BCUT2D eigenvalue weighted by atomic mass is 9.97. The Balaban J connectivity index is 2.48. The van der Waals surface area contributed by atoms with E-state index in [1.807, 2.05) is 43.3 Å². The number of hydrogen-bond donors (Lipinski definition) is 2. The summed E-state index contributed by atoms with van der Waals surface area (Å²) in [5.74, 6) is -1.19. The van der Waals surface area contributed by atoms with Gasteiger partial charge in [0.15, 0.2) is 6.10 Å². The van der Waals surface area contributed by atoms with Crippen LogP contribution in [0, 0.1) is 6.92 Å². The molecule has 3 heteroatoms. The lowest BCUT2D eigenvalue weighted by molar-refractivity contribution is -0.146. The molecule has 0 aliphatic rings. The predicted octanol–water partition coefficient (Wildman–Crippen LogP) is 2.14. The molecular weight excluding hydrogens is 216 g/mol. The Bertz CT molecular complexity index is 560. The molecular formula is C14H14O3. The highest BCUT2D eigenvalue weighted by atomic mass is 16.4. The molecule has 2 aromatic carbocycles. The molecule has 2 N–H and O–H groups in total. The van der Waals surface area contributed by atoms with E-state index in [2.05, 4.69) is 0 Å². The van der Waals surface area contributed by atoms with Gasteiger partial charge in [-0.05, 0) is 28.8 Å². The Kier molecular flexibility index (Phi) is 3.11. The Morgan fingerprint density at radius 1 is 1.18 bits per heavy atom. The number of aryl methyl sites for hydroxylation is 1. The molecule has 0 spiro atoms. The van der Waals surface area contributed by atoms with Gasteiger partial charge < -0.3 is 10.2 Å². The molecule has 0 heterocycles. The molecule has 0 bridgehead atoms. The number of aliphatic hydroxyl groups is 1. The van der Waals surface area contributed by atoms with Crippen LogP contribution in [0.25, 0.3) is 10.8 Å². The second-order valence-electron chi connectivity index (χ2n) is 4.15. The molecule has 0 amide bonds. The molecule has 0 aliphatic heterocycles. The first-order chi connectivity index (χ1) is 8.09. The lowest BCUT2D eigenvalue weighted by Gasteiger charge is -2.10. The molecule has 0 aliphatic carbocycles. The van der Waals surface area contributed by atoms with E-state index in [0.29, 0.717) is 0 Å².